The van der Waals surface area contributed by atoms with E-state index in [9.17, 15) is 0 Å². The summed E-state index contributed by atoms with van der Waals surface area (Å²) >= 11 is 0. The summed E-state index contributed by atoms with van der Waals surface area (Å²) in [6, 6.07) is 6.64. The van der Waals surface area contributed by atoms with E-state index in [0.29, 0.717) is 6.04 Å². The summed E-state index contributed by atoms with van der Waals surface area (Å²) in [5, 5.41) is 12.6. The predicted molar refractivity (Wildman–Crippen MR) is 53.8 cm³/mol. The van der Waals surface area contributed by atoms with Gasteiger partial charge in [-0.25, -0.2) is 0 Å². The summed E-state index contributed by atoms with van der Waals surface area (Å²) in [7, 11) is 0. The molecule has 2 N–H and O–H groups in total. The van der Waals surface area contributed by atoms with Crippen LogP contribution in [-0.4, -0.2) is 11.1 Å². The summed E-state index contributed by atoms with van der Waals surface area (Å²) < 4.78 is 0. The Morgan fingerprint density at radius 2 is 2.38 bits per heavy atom. The summed E-state index contributed by atoms with van der Waals surface area (Å²) in [5.74, 6) is 0. The van der Waals surface area contributed by atoms with Gasteiger partial charge in [0, 0.05) is 11.7 Å². The van der Waals surface area contributed by atoms with Crippen LogP contribution in [0.2, 0.25) is 0 Å². The minimum atomic E-state index is 0.152. The molecule has 0 aliphatic carbocycles. The Balaban J connectivity index is 2.39. The first-order valence-electron chi connectivity index (χ1n) is 4.79. The third-order valence-corrected chi connectivity index (χ3v) is 2.67. The maximum absolute atomic E-state index is 9.13. The molecule has 13 heavy (non-hydrogen) atoms. The third-order valence-electron chi connectivity index (χ3n) is 2.67. The van der Waals surface area contributed by atoms with Gasteiger partial charge in [-0.05, 0) is 37.0 Å². The third kappa shape index (κ3) is 1.54. The van der Waals surface area contributed by atoms with Crippen molar-refractivity contribution in [1.82, 2.24) is 0 Å². The van der Waals surface area contributed by atoms with Crippen LogP contribution in [0, 0.1) is 0 Å². The molecule has 0 saturated carbocycles. The van der Waals surface area contributed by atoms with Crippen molar-refractivity contribution in [3.05, 3.63) is 29.3 Å². The van der Waals surface area contributed by atoms with Crippen LogP contribution in [0.25, 0.3) is 0 Å². The van der Waals surface area contributed by atoms with Crippen molar-refractivity contribution in [3.8, 4) is 0 Å². The van der Waals surface area contributed by atoms with Gasteiger partial charge < -0.3 is 10.4 Å². The highest BCUT2D eigenvalue weighted by molar-refractivity contribution is 5.56. The number of aliphatic hydroxyl groups is 1. The minimum absolute atomic E-state index is 0.152. The molecule has 0 aromatic heterocycles. The second-order valence-electron chi connectivity index (χ2n) is 3.69. The van der Waals surface area contributed by atoms with Gasteiger partial charge in [0.25, 0.3) is 0 Å². The molecular weight excluding hydrogens is 162 g/mol. The van der Waals surface area contributed by atoms with Crippen LogP contribution < -0.4 is 5.32 Å². The van der Waals surface area contributed by atoms with Crippen molar-refractivity contribution in [2.75, 3.05) is 5.32 Å². The SMILES string of the molecule is C[C@@H]1CCc2c(CO)cccc2N1. The van der Waals surface area contributed by atoms with Crippen molar-refractivity contribution in [1.29, 1.82) is 0 Å². The molecule has 2 nitrogen and oxygen atoms in total. The van der Waals surface area contributed by atoms with E-state index in [1.165, 1.54) is 11.3 Å². The molecule has 0 fully saturated rings. The molecule has 0 saturated heterocycles. The Bertz CT molecular complexity index is 309. The first kappa shape index (κ1) is 8.57. The van der Waals surface area contributed by atoms with Crippen LogP contribution in [0.5, 0.6) is 0 Å². The average Bonchev–Trinajstić information content (AvgIpc) is 2.16. The zero-order valence-corrected chi connectivity index (χ0v) is 7.88. The zero-order valence-electron chi connectivity index (χ0n) is 7.88. The monoisotopic (exact) mass is 177 g/mol. The molecule has 1 heterocycles. The van der Waals surface area contributed by atoms with Crippen molar-refractivity contribution >= 4 is 5.69 Å². The fraction of sp³-hybridized carbons (Fsp3) is 0.455. The molecule has 0 amide bonds. The number of rotatable bonds is 1. The van der Waals surface area contributed by atoms with Crippen molar-refractivity contribution in [2.24, 2.45) is 0 Å². The highest BCUT2D eigenvalue weighted by Gasteiger charge is 2.15. The Hall–Kier alpha value is -1.02. The van der Waals surface area contributed by atoms with Crippen LogP contribution in [0.1, 0.15) is 24.5 Å². The fourth-order valence-corrected chi connectivity index (χ4v) is 1.91. The second kappa shape index (κ2) is 3.38. The summed E-state index contributed by atoms with van der Waals surface area (Å²) in [6.07, 6.45) is 2.24. The lowest BCUT2D eigenvalue weighted by atomic mass is 9.95. The van der Waals surface area contributed by atoms with E-state index >= 15 is 0 Å². The fourth-order valence-electron chi connectivity index (χ4n) is 1.91. The van der Waals surface area contributed by atoms with E-state index in [4.69, 9.17) is 5.11 Å². The molecule has 1 aliphatic heterocycles. The highest BCUT2D eigenvalue weighted by Crippen LogP contribution is 2.27. The van der Waals surface area contributed by atoms with Crippen LogP contribution in [0.15, 0.2) is 18.2 Å². The number of benzene rings is 1. The number of nitrogens with one attached hydrogen (secondary N) is 1. The van der Waals surface area contributed by atoms with Gasteiger partial charge in [-0.3, -0.25) is 0 Å². The molecule has 2 heteroatoms. The van der Waals surface area contributed by atoms with Gasteiger partial charge in [-0.2, -0.15) is 0 Å². The predicted octanol–water partition coefficient (Wildman–Crippen LogP) is 1.93. The first-order valence-corrected chi connectivity index (χ1v) is 4.79. The number of anilines is 1. The number of hydrogen-bond donors (Lipinski definition) is 2. The molecule has 70 valence electrons. The Morgan fingerprint density at radius 3 is 3.15 bits per heavy atom. The maximum atomic E-state index is 9.13. The van der Waals surface area contributed by atoms with Crippen LogP contribution in [-0.2, 0) is 13.0 Å². The molecule has 1 atom stereocenters. The molecule has 0 bridgehead atoms. The molecule has 0 spiro atoms. The normalized spacial score (nSPS) is 20.6. The first-order chi connectivity index (χ1) is 6.31. The van der Waals surface area contributed by atoms with E-state index in [-0.39, 0.29) is 6.61 Å². The summed E-state index contributed by atoms with van der Waals surface area (Å²) in [5.41, 5.74) is 3.56. The highest BCUT2D eigenvalue weighted by atomic mass is 16.3. The van der Waals surface area contributed by atoms with Gasteiger partial charge in [-0.15, -0.1) is 0 Å². The number of aliphatic hydroxyl groups excluding tert-OH is 1. The van der Waals surface area contributed by atoms with E-state index in [1.54, 1.807) is 0 Å². The Morgan fingerprint density at radius 1 is 1.54 bits per heavy atom. The lowest BCUT2D eigenvalue weighted by molar-refractivity contribution is 0.280. The van der Waals surface area contributed by atoms with Gasteiger partial charge in [0.15, 0.2) is 0 Å². The number of hydrogen-bond acceptors (Lipinski definition) is 2. The van der Waals surface area contributed by atoms with E-state index in [2.05, 4.69) is 18.3 Å². The molecule has 1 aromatic carbocycles. The molecule has 1 aromatic rings. The van der Waals surface area contributed by atoms with Crippen LogP contribution in [0.3, 0.4) is 0 Å². The molecule has 2 rings (SSSR count). The summed E-state index contributed by atoms with van der Waals surface area (Å²) in [6.45, 7) is 2.34. The Kier molecular flexibility index (Phi) is 2.23. The van der Waals surface area contributed by atoms with Gasteiger partial charge in [-0.1, -0.05) is 12.1 Å². The van der Waals surface area contributed by atoms with Crippen LogP contribution in [0.4, 0.5) is 5.69 Å². The summed E-state index contributed by atoms with van der Waals surface area (Å²) in [4.78, 5) is 0. The van der Waals surface area contributed by atoms with Crippen molar-refractivity contribution < 1.29 is 5.11 Å². The zero-order chi connectivity index (χ0) is 9.26. The maximum Gasteiger partial charge on any atom is 0.0685 e. The van der Waals surface area contributed by atoms with Gasteiger partial charge >= 0.3 is 0 Å². The van der Waals surface area contributed by atoms with Crippen molar-refractivity contribution in [2.45, 2.75) is 32.4 Å². The topological polar surface area (TPSA) is 32.3 Å². The van der Waals surface area contributed by atoms with Gasteiger partial charge in [0.2, 0.25) is 0 Å². The average molecular weight is 177 g/mol. The van der Waals surface area contributed by atoms with Gasteiger partial charge in [0.05, 0.1) is 6.61 Å². The molecule has 0 unspecified atom stereocenters. The van der Waals surface area contributed by atoms with Crippen LogP contribution >= 0.6 is 0 Å². The smallest absolute Gasteiger partial charge is 0.0685 e. The lowest BCUT2D eigenvalue weighted by Gasteiger charge is -2.25. The van der Waals surface area contributed by atoms with E-state index in [0.717, 1.165) is 18.4 Å². The number of fused-ring (bicyclic) bond motifs is 1. The standard InChI is InChI=1S/C11H15NO/c1-8-5-6-10-9(7-13)3-2-4-11(10)12-8/h2-4,8,12-13H,5-7H2,1H3/t8-/m1/s1. The van der Waals surface area contributed by atoms with E-state index < -0.39 is 0 Å². The molecule has 0 radical (unpaired) electrons. The second-order valence-corrected chi connectivity index (χ2v) is 3.69. The van der Waals surface area contributed by atoms with E-state index in [1.807, 2.05) is 12.1 Å². The molecule has 1 aliphatic rings. The lowest BCUT2D eigenvalue weighted by Crippen LogP contribution is -2.22. The Labute approximate surface area is 78.6 Å². The molecular formula is C11H15NO. The van der Waals surface area contributed by atoms with Crippen molar-refractivity contribution in [3.63, 3.8) is 0 Å². The minimum Gasteiger partial charge on any atom is -0.392 e. The largest absolute Gasteiger partial charge is 0.392 e. The van der Waals surface area contributed by atoms with Gasteiger partial charge in [0.1, 0.15) is 0 Å². The quantitative estimate of drug-likeness (QED) is 0.687.